The van der Waals surface area contributed by atoms with Crippen LogP contribution >= 0.6 is 0 Å². The third-order valence-electron chi connectivity index (χ3n) is 2.54. The second-order valence-electron chi connectivity index (χ2n) is 5.07. The monoisotopic (exact) mass is 239 g/mol. The summed E-state index contributed by atoms with van der Waals surface area (Å²) in [5.74, 6) is 1.57. The van der Waals surface area contributed by atoms with E-state index in [1.165, 1.54) is 0 Å². The molecule has 1 aromatic heterocycles. The summed E-state index contributed by atoms with van der Waals surface area (Å²) in [7, 11) is 1.86. The summed E-state index contributed by atoms with van der Waals surface area (Å²) in [6.45, 7) is 6.18. The summed E-state index contributed by atoms with van der Waals surface area (Å²) >= 11 is 0. The van der Waals surface area contributed by atoms with Crippen LogP contribution in [-0.2, 0) is 24.7 Å². The van der Waals surface area contributed by atoms with Crippen molar-refractivity contribution in [3.8, 4) is 0 Å². The fraction of sp³-hybridized carbons (Fsp3) is 0.750. The number of aliphatic carboxylic acids is 1. The molecule has 0 radical (unpaired) electrons. The highest BCUT2D eigenvalue weighted by atomic mass is 16.4. The fourth-order valence-electron chi connectivity index (χ4n) is 1.79. The Bertz CT molecular complexity index is 385. The first-order valence-electron chi connectivity index (χ1n) is 5.99. The van der Waals surface area contributed by atoms with Gasteiger partial charge in [-0.05, 0) is 11.8 Å². The second kappa shape index (κ2) is 5.80. The van der Waals surface area contributed by atoms with Crippen LogP contribution in [0.2, 0.25) is 0 Å². The molecule has 96 valence electrons. The molecule has 0 aliphatic heterocycles. The number of nitrogens with zero attached hydrogens (tertiary/aromatic N) is 3. The molecule has 0 spiro atoms. The average Bonchev–Trinajstić information content (AvgIpc) is 2.43. The van der Waals surface area contributed by atoms with Gasteiger partial charge in [-0.15, -0.1) is 0 Å². The van der Waals surface area contributed by atoms with Gasteiger partial charge >= 0.3 is 5.97 Å². The second-order valence-corrected chi connectivity index (χ2v) is 5.07. The van der Waals surface area contributed by atoms with Gasteiger partial charge in [-0.25, -0.2) is 4.98 Å². The van der Waals surface area contributed by atoms with Gasteiger partial charge in [0.1, 0.15) is 5.82 Å². The van der Waals surface area contributed by atoms with Gasteiger partial charge in [0.25, 0.3) is 0 Å². The minimum absolute atomic E-state index is 0.0855. The third-order valence-corrected chi connectivity index (χ3v) is 2.54. The lowest BCUT2D eigenvalue weighted by atomic mass is 10.0. The SMILES string of the molecule is CC(C)Cc1nc(CC(C)CC(=O)O)n(C)n1. The van der Waals surface area contributed by atoms with E-state index in [0.717, 1.165) is 18.1 Å². The topological polar surface area (TPSA) is 68.0 Å². The Labute approximate surface area is 102 Å². The molecule has 0 aliphatic carbocycles. The predicted octanol–water partition coefficient (Wildman–Crippen LogP) is 1.67. The van der Waals surface area contributed by atoms with Gasteiger partial charge in [-0.1, -0.05) is 20.8 Å². The average molecular weight is 239 g/mol. The first-order valence-corrected chi connectivity index (χ1v) is 5.99. The fourth-order valence-corrected chi connectivity index (χ4v) is 1.79. The highest BCUT2D eigenvalue weighted by molar-refractivity contribution is 5.66. The van der Waals surface area contributed by atoms with Crippen molar-refractivity contribution in [2.45, 2.75) is 40.0 Å². The van der Waals surface area contributed by atoms with Gasteiger partial charge in [0.05, 0.1) is 0 Å². The molecule has 0 aliphatic rings. The van der Waals surface area contributed by atoms with Crippen LogP contribution in [-0.4, -0.2) is 25.8 Å². The van der Waals surface area contributed by atoms with Crippen molar-refractivity contribution in [2.75, 3.05) is 0 Å². The number of hydrogen-bond acceptors (Lipinski definition) is 3. The molecule has 1 rings (SSSR count). The molecule has 1 aromatic rings. The Morgan fingerprint density at radius 1 is 1.35 bits per heavy atom. The normalized spacial score (nSPS) is 13.0. The molecule has 0 amide bonds. The van der Waals surface area contributed by atoms with Crippen LogP contribution in [0.25, 0.3) is 0 Å². The summed E-state index contributed by atoms with van der Waals surface area (Å²) in [4.78, 5) is 15.0. The minimum atomic E-state index is -0.762. The van der Waals surface area contributed by atoms with E-state index in [4.69, 9.17) is 5.11 Å². The molecule has 1 N–H and O–H groups in total. The molecule has 5 nitrogen and oxygen atoms in total. The van der Waals surface area contributed by atoms with E-state index in [2.05, 4.69) is 23.9 Å². The Morgan fingerprint density at radius 2 is 2.00 bits per heavy atom. The maximum Gasteiger partial charge on any atom is 0.303 e. The van der Waals surface area contributed by atoms with Gasteiger partial charge in [-0.2, -0.15) is 5.10 Å². The number of aryl methyl sites for hydroxylation is 1. The van der Waals surface area contributed by atoms with Crippen molar-refractivity contribution in [2.24, 2.45) is 18.9 Å². The van der Waals surface area contributed by atoms with E-state index in [-0.39, 0.29) is 12.3 Å². The summed E-state index contributed by atoms with van der Waals surface area (Å²) in [6.07, 6.45) is 1.70. The first kappa shape index (κ1) is 13.7. The summed E-state index contributed by atoms with van der Waals surface area (Å²) in [5.41, 5.74) is 0. The number of carbonyl (C=O) groups is 1. The molecular weight excluding hydrogens is 218 g/mol. The maximum absolute atomic E-state index is 10.6. The molecular formula is C12H21N3O2. The van der Waals surface area contributed by atoms with Crippen LogP contribution in [0.5, 0.6) is 0 Å². The molecule has 17 heavy (non-hydrogen) atoms. The molecule has 0 fully saturated rings. The van der Waals surface area contributed by atoms with Gasteiger partial charge < -0.3 is 5.11 Å². The van der Waals surface area contributed by atoms with Crippen molar-refractivity contribution in [3.05, 3.63) is 11.6 Å². The van der Waals surface area contributed by atoms with Gasteiger partial charge in [0.2, 0.25) is 0 Å². The highest BCUT2D eigenvalue weighted by Gasteiger charge is 2.14. The number of rotatable bonds is 6. The van der Waals surface area contributed by atoms with E-state index in [9.17, 15) is 4.79 Å². The Hall–Kier alpha value is -1.39. The number of hydrogen-bond donors (Lipinski definition) is 1. The van der Waals surface area contributed by atoms with Crippen LogP contribution in [0.15, 0.2) is 0 Å². The lowest BCUT2D eigenvalue weighted by Crippen LogP contribution is -2.10. The molecule has 0 saturated heterocycles. The molecule has 1 heterocycles. The van der Waals surface area contributed by atoms with Crippen LogP contribution in [0.1, 0.15) is 38.8 Å². The van der Waals surface area contributed by atoms with E-state index < -0.39 is 5.97 Å². The molecule has 0 bridgehead atoms. The zero-order chi connectivity index (χ0) is 13.0. The van der Waals surface area contributed by atoms with Crippen LogP contribution in [0, 0.1) is 11.8 Å². The molecule has 5 heteroatoms. The molecule has 1 atom stereocenters. The Balaban J connectivity index is 2.64. The third kappa shape index (κ3) is 4.54. The standard InChI is InChI=1S/C12H21N3O2/c1-8(2)5-10-13-11(15(4)14-10)6-9(3)7-12(16)17/h8-9H,5-7H2,1-4H3,(H,16,17). The number of aromatic nitrogens is 3. The van der Waals surface area contributed by atoms with Crippen LogP contribution < -0.4 is 0 Å². The van der Waals surface area contributed by atoms with E-state index >= 15 is 0 Å². The lowest BCUT2D eigenvalue weighted by Gasteiger charge is -2.06. The summed E-state index contributed by atoms with van der Waals surface area (Å²) in [6, 6.07) is 0. The Kier molecular flexibility index (Phi) is 4.66. The molecule has 0 saturated carbocycles. The largest absolute Gasteiger partial charge is 0.481 e. The van der Waals surface area contributed by atoms with Crippen LogP contribution in [0.3, 0.4) is 0 Å². The van der Waals surface area contributed by atoms with Gasteiger partial charge in [-0.3, -0.25) is 9.48 Å². The molecule has 1 unspecified atom stereocenters. The predicted molar refractivity (Wildman–Crippen MR) is 64.7 cm³/mol. The zero-order valence-corrected chi connectivity index (χ0v) is 11.0. The quantitative estimate of drug-likeness (QED) is 0.820. The zero-order valence-electron chi connectivity index (χ0n) is 11.0. The van der Waals surface area contributed by atoms with Crippen molar-refractivity contribution in [3.63, 3.8) is 0 Å². The van der Waals surface area contributed by atoms with E-state index in [1.807, 2.05) is 14.0 Å². The van der Waals surface area contributed by atoms with Crippen molar-refractivity contribution >= 4 is 5.97 Å². The minimum Gasteiger partial charge on any atom is -0.481 e. The first-order chi connectivity index (χ1) is 7.88. The van der Waals surface area contributed by atoms with E-state index in [1.54, 1.807) is 4.68 Å². The number of carboxylic acids is 1. The maximum atomic E-state index is 10.6. The Morgan fingerprint density at radius 3 is 2.53 bits per heavy atom. The van der Waals surface area contributed by atoms with Crippen molar-refractivity contribution < 1.29 is 9.90 Å². The lowest BCUT2D eigenvalue weighted by molar-refractivity contribution is -0.137. The summed E-state index contributed by atoms with van der Waals surface area (Å²) < 4.78 is 1.76. The summed E-state index contributed by atoms with van der Waals surface area (Å²) in [5, 5.41) is 13.1. The van der Waals surface area contributed by atoms with Gasteiger partial charge in [0.15, 0.2) is 5.82 Å². The smallest absolute Gasteiger partial charge is 0.303 e. The van der Waals surface area contributed by atoms with E-state index in [0.29, 0.717) is 12.3 Å². The molecule has 0 aromatic carbocycles. The van der Waals surface area contributed by atoms with Gasteiger partial charge in [0, 0.05) is 26.3 Å². The van der Waals surface area contributed by atoms with Crippen molar-refractivity contribution in [1.82, 2.24) is 14.8 Å². The van der Waals surface area contributed by atoms with Crippen LogP contribution in [0.4, 0.5) is 0 Å². The highest BCUT2D eigenvalue weighted by Crippen LogP contribution is 2.11. The number of carboxylic acid groups (broad SMARTS) is 1. The van der Waals surface area contributed by atoms with Crippen molar-refractivity contribution in [1.29, 1.82) is 0 Å².